The number of carbonyl (C=O) groups is 6. The van der Waals surface area contributed by atoms with Crippen LogP contribution in [-0.2, 0) is 9.59 Å². The van der Waals surface area contributed by atoms with E-state index in [0.29, 0.717) is 16.1 Å². The van der Waals surface area contributed by atoms with Gasteiger partial charge in [0.05, 0.1) is 5.92 Å². The Morgan fingerprint density at radius 1 is 0.882 bits per heavy atom. The maximum absolute atomic E-state index is 13.0. The van der Waals surface area contributed by atoms with Gasteiger partial charge in [0.25, 0.3) is 0 Å². The van der Waals surface area contributed by atoms with Gasteiger partial charge in [0, 0.05) is 43.9 Å². The topological polar surface area (TPSA) is 102 Å². The minimum absolute atomic E-state index is 0.0570. The molecule has 2 aromatic carbocycles. The van der Waals surface area contributed by atoms with Gasteiger partial charge in [-0.05, 0) is 69.0 Å². The average Bonchev–Trinajstić information content (AvgIpc) is 3.75. The fourth-order valence-electron chi connectivity index (χ4n) is 4.43. The number of Topliss-reactive ketones (excluding diaryl/α,β-unsaturated/α-hetero) is 5. The maximum Gasteiger partial charge on any atom is 0.181 e. The van der Waals surface area contributed by atoms with Gasteiger partial charge in [-0.15, -0.1) is 0 Å². The van der Waals surface area contributed by atoms with Crippen molar-refractivity contribution >= 4 is 47.0 Å². The second kappa shape index (κ2) is 8.55. The second-order valence-corrected chi connectivity index (χ2v) is 10.4. The molecule has 3 aliphatic carbocycles. The Hall–Kier alpha value is -3.19. The summed E-state index contributed by atoms with van der Waals surface area (Å²) in [6, 6.07) is 9.70. The van der Waals surface area contributed by atoms with Crippen molar-refractivity contribution in [1.82, 2.24) is 0 Å². The number of hydrogen-bond acceptors (Lipinski definition) is 7. The zero-order chi connectivity index (χ0) is 24.1. The third kappa shape index (κ3) is 3.98. The number of ketones is 5. The molecule has 0 spiro atoms. The van der Waals surface area contributed by atoms with E-state index in [-0.39, 0.29) is 51.4 Å². The molecule has 6 nitrogen and oxygen atoms in total. The standard InChI is InChI=1S/C27H22O6S/c1-13(23(29)14-2-3-14)24(30)20-10-17(7-6-16(20)12-28)34-18-8-9-19-21(11-18)27(33)22(26(19)32)25(31)15-4-5-15/h6-15,22H,2-5H2,1H3. The summed E-state index contributed by atoms with van der Waals surface area (Å²) in [7, 11) is 0. The number of carbonyl (C=O) groups excluding carboxylic acids is 6. The third-order valence-corrected chi connectivity index (χ3v) is 7.74. The smallest absolute Gasteiger partial charge is 0.181 e. The molecule has 2 fully saturated rings. The fourth-order valence-corrected chi connectivity index (χ4v) is 5.33. The van der Waals surface area contributed by atoms with Crippen LogP contribution < -0.4 is 0 Å². The lowest BCUT2D eigenvalue weighted by Crippen LogP contribution is -2.26. The highest BCUT2D eigenvalue weighted by Crippen LogP contribution is 2.39. The van der Waals surface area contributed by atoms with E-state index in [0.717, 1.165) is 25.7 Å². The predicted molar refractivity (Wildman–Crippen MR) is 124 cm³/mol. The summed E-state index contributed by atoms with van der Waals surface area (Å²) in [5.41, 5.74) is 0.941. The van der Waals surface area contributed by atoms with E-state index >= 15 is 0 Å². The van der Waals surface area contributed by atoms with Crippen molar-refractivity contribution in [1.29, 1.82) is 0 Å². The number of rotatable bonds is 9. The van der Waals surface area contributed by atoms with Crippen LogP contribution in [0.1, 0.15) is 74.0 Å². The van der Waals surface area contributed by atoms with Crippen LogP contribution in [0.3, 0.4) is 0 Å². The van der Waals surface area contributed by atoms with Crippen molar-refractivity contribution in [2.45, 2.75) is 42.4 Å². The summed E-state index contributed by atoms with van der Waals surface area (Å²) in [5, 5.41) is 0. The van der Waals surface area contributed by atoms with E-state index in [1.165, 1.54) is 11.8 Å². The first-order valence-electron chi connectivity index (χ1n) is 11.4. The van der Waals surface area contributed by atoms with E-state index in [1.54, 1.807) is 43.3 Å². The monoisotopic (exact) mass is 474 g/mol. The lowest BCUT2D eigenvalue weighted by atomic mass is 9.91. The molecule has 3 aliphatic rings. The molecular weight excluding hydrogens is 452 g/mol. The lowest BCUT2D eigenvalue weighted by Gasteiger charge is -2.12. The van der Waals surface area contributed by atoms with Crippen molar-refractivity contribution in [3.63, 3.8) is 0 Å². The number of aldehydes is 1. The van der Waals surface area contributed by atoms with Gasteiger partial charge in [0.1, 0.15) is 11.7 Å². The van der Waals surface area contributed by atoms with Gasteiger partial charge in [-0.25, -0.2) is 0 Å². The van der Waals surface area contributed by atoms with Gasteiger partial charge >= 0.3 is 0 Å². The van der Waals surface area contributed by atoms with Crippen LogP contribution in [0, 0.1) is 23.7 Å². The Morgan fingerprint density at radius 2 is 1.50 bits per heavy atom. The Morgan fingerprint density at radius 3 is 2.15 bits per heavy atom. The average molecular weight is 475 g/mol. The van der Waals surface area contributed by atoms with Crippen LogP contribution in [0.15, 0.2) is 46.2 Å². The summed E-state index contributed by atoms with van der Waals surface area (Å²) in [5.74, 6) is -3.87. The molecule has 0 aliphatic heterocycles. The molecule has 0 aromatic heterocycles. The minimum Gasteiger partial charge on any atom is -0.299 e. The van der Waals surface area contributed by atoms with Crippen molar-refractivity contribution in [2.75, 3.05) is 0 Å². The highest BCUT2D eigenvalue weighted by molar-refractivity contribution is 7.99. The summed E-state index contributed by atoms with van der Waals surface area (Å²) in [6.07, 6.45) is 3.68. The molecule has 7 heteroatoms. The predicted octanol–water partition coefficient (Wildman–Crippen LogP) is 4.42. The van der Waals surface area contributed by atoms with Gasteiger partial charge in [0.2, 0.25) is 0 Å². The van der Waals surface area contributed by atoms with E-state index in [2.05, 4.69) is 0 Å². The molecule has 34 heavy (non-hydrogen) atoms. The third-order valence-electron chi connectivity index (χ3n) is 6.76. The molecule has 0 bridgehead atoms. The van der Waals surface area contributed by atoms with Crippen LogP contribution in [0.4, 0.5) is 0 Å². The van der Waals surface area contributed by atoms with Crippen LogP contribution in [0.5, 0.6) is 0 Å². The van der Waals surface area contributed by atoms with E-state index in [4.69, 9.17) is 0 Å². The van der Waals surface area contributed by atoms with Gasteiger partial charge < -0.3 is 0 Å². The molecule has 0 radical (unpaired) electrons. The lowest BCUT2D eigenvalue weighted by molar-refractivity contribution is -0.122. The molecule has 0 amide bonds. The van der Waals surface area contributed by atoms with Gasteiger partial charge in [0.15, 0.2) is 29.4 Å². The Kier molecular flexibility index (Phi) is 5.68. The molecule has 0 saturated heterocycles. The molecule has 2 saturated carbocycles. The van der Waals surface area contributed by atoms with Crippen molar-refractivity contribution < 1.29 is 28.8 Å². The van der Waals surface area contributed by atoms with Crippen LogP contribution in [-0.4, -0.2) is 35.2 Å². The Bertz CT molecular complexity index is 1280. The van der Waals surface area contributed by atoms with Crippen molar-refractivity contribution in [3.05, 3.63) is 58.7 Å². The molecule has 0 heterocycles. The zero-order valence-corrected chi connectivity index (χ0v) is 19.4. The Labute approximate surface area is 200 Å². The first-order valence-corrected chi connectivity index (χ1v) is 12.2. The van der Waals surface area contributed by atoms with Crippen LogP contribution >= 0.6 is 11.8 Å². The summed E-state index contributed by atoms with van der Waals surface area (Å²) < 4.78 is 0. The SMILES string of the molecule is CC(C(=O)c1cc(Sc2ccc3c(c2)C(=O)C(C(=O)C2CC2)C3=O)ccc1C=O)C(=O)C1CC1. The molecule has 2 atom stereocenters. The minimum atomic E-state index is -1.22. The molecule has 172 valence electrons. The van der Waals surface area contributed by atoms with Crippen LogP contribution in [0.25, 0.3) is 0 Å². The summed E-state index contributed by atoms with van der Waals surface area (Å²) in [6.45, 7) is 1.58. The maximum atomic E-state index is 13.0. The highest BCUT2D eigenvalue weighted by atomic mass is 32.2. The first-order chi connectivity index (χ1) is 16.3. The van der Waals surface area contributed by atoms with Gasteiger partial charge in [-0.2, -0.15) is 0 Å². The quantitative estimate of drug-likeness (QED) is 0.301. The van der Waals surface area contributed by atoms with E-state index < -0.39 is 23.4 Å². The van der Waals surface area contributed by atoms with Crippen molar-refractivity contribution in [3.8, 4) is 0 Å². The molecule has 2 aromatic rings. The Balaban J connectivity index is 1.40. The molecular formula is C27H22O6S. The van der Waals surface area contributed by atoms with Crippen LogP contribution in [0.2, 0.25) is 0 Å². The van der Waals surface area contributed by atoms with E-state index in [9.17, 15) is 28.8 Å². The van der Waals surface area contributed by atoms with E-state index in [1.807, 2.05) is 0 Å². The normalized spacial score (nSPS) is 20.1. The second-order valence-electron chi connectivity index (χ2n) is 9.28. The van der Waals surface area contributed by atoms with Gasteiger partial charge in [-0.1, -0.05) is 11.8 Å². The number of benzene rings is 2. The molecule has 5 rings (SSSR count). The van der Waals surface area contributed by atoms with Crippen molar-refractivity contribution in [2.24, 2.45) is 23.7 Å². The fraction of sp³-hybridized carbons (Fsp3) is 0.333. The summed E-state index contributed by atoms with van der Waals surface area (Å²) >= 11 is 1.27. The highest BCUT2D eigenvalue weighted by Gasteiger charge is 2.47. The number of fused-ring (bicyclic) bond motifs is 1. The first kappa shape index (κ1) is 22.6. The molecule has 2 unspecified atom stereocenters. The summed E-state index contributed by atoms with van der Waals surface area (Å²) in [4.78, 5) is 76.2. The van der Waals surface area contributed by atoms with Gasteiger partial charge in [-0.3, -0.25) is 28.8 Å². The zero-order valence-electron chi connectivity index (χ0n) is 18.5. The largest absolute Gasteiger partial charge is 0.299 e. The number of hydrogen-bond donors (Lipinski definition) is 0. The molecule has 0 N–H and O–H groups in total.